The fourth-order valence-electron chi connectivity index (χ4n) is 4.00. The molecule has 2 aromatic carbocycles. The molecule has 1 saturated heterocycles. The fraction of sp³-hybridized carbons (Fsp3) is 0.174. The number of carbonyl (C=O) groups excluding carboxylic acids is 3. The van der Waals surface area contributed by atoms with Crippen molar-refractivity contribution in [3.8, 4) is 11.3 Å². The number of hydrogen-bond acceptors (Lipinski definition) is 4. The van der Waals surface area contributed by atoms with Crippen LogP contribution in [0.25, 0.3) is 11.3 Å². The fourth-order valence-corrected chi connectivity index (χ4v) is 4.00. The van der Waals surface area contributed by atoms with Crippen LogP contribution in [0.3, 0.4) is 0 Å². The second kappa shape index (κ2) is 7.18. The van der Waals surface area contributed by atoms with Crippen molar-refractivity contribution in [1.29, 1.82) is 0 Å². The molecular formula is C23H19N3O4. The van der Waals surface area contributed by atoms with Crippen LogP contribution >= 0.6 is 0 Å². The molecule has 0 bridgehead atoms. The van der Waals surface area contributed by atoms with E-state index in [4.69, 9.17) is 4.42 Å². The van der Waals surface area contributed by atoms with Crippen molar-refractivity contribution in [2.24, 2.45) is 0 Å². The lowest BCUT2D eigenvalue weighted by atomic mass is 10.0. The molecule has 1 aromatic heterocycles. The monoisotopic (exact) mass is 401 g/mol. The molecule has 0 unspecified atom stereocenters. The van der Waals surface area contributed by atoms with Gasteiger partial charge < -0.3 is 19.5 Å². The summed E-state index contributed by atoms with van der Waals surface area (Å²) in [4.78, 5) is 42.2. The van der Waals surface area contributed by atoms with Gasteiger partial charge in [0.25, 0.3) is 11.8 Å². The van der Waals surface area contributed by atoms with Crippen molar-refractivity contribution >= 4 is 23.4 Å². The third-order valence-electron chi connectivity index (χ3n) is 5.57. The minimum atomic E-state index is -0.738. The van der Waals surface area contributed by atoms with E-state index in [0.29, 0.717) is 35.7 Å². The number of nitrogens with zero attached hydrogens (tertiary/aromatic N) is 2. The maximum Gasteiger partial charge on any atom is 0.256 e. The molecule has 150 valence electrons. The first-order valence-electron chi connectivity index (χ1n) is 9.76. The maximum atomic E-state index is 13.3. The molecule has 1 fully saturated rings. The van der Waals surface area contributed by atoms with Crippen LogP contribution in [0, 0.1) is 0 Å². The average molecular weight is 401 g/mol. The molecule has 3 heterocycles. The number of amides is 3. The zero-order chi connectivity index (χ0) is 20.7. The first-order valence-corrected chi connectivity index (χ1v) is 9.76. The van der Waals surface area contributed by atoms with Gasteiger partial charge in [-0.05, 0) is 42.5 Å². The van der Waals surface area contributed by atoms with E-state index < -0.39 is 6.04 Å². The van der Waals surface area contributed by atoms with Gasteiger partial charge in [0.2, 0.25) is 5.91 Å². The molecule has 7 nitrogen and oxygen atoms in total. The van der Waals surface area contributed by atoms with Crippen LogP contribution in [-0.2, 0) is 4.79 Å². The number of hydrogen-bond donors (Lipinski definition) is 1. The van der Waals surface area contributed by atoms with Gasteiger partial charge in [-0.1, -0.05) is 18.2 Å². The van der Waals surface area contributed by atoms with Crippen molar-refractivity contribution in [3.05, 3.63) is 78.1 Å². The molecule has 2 aliphatic heterocycles. The lowest BCUT2D eigenvalue weighted by Crippen LogP contribution is -2.59. The smallest absolute Gasteiger partial charge is 0.256 e. The van der Waals surface area contributed by atoms with Gasteiger partial charge in [0.15, 0.2) is 0 Å². The molecule has 3 aromatic rings. The first kappa shape index (κ1) is 18.2. The predicted molar refractivity (Wildman–Crippen MR) is 110 cm³/mol. The van der Waals surface area contributed by atoms with Crippen LogP contribution in [-0.4, -0.2) is 53.2 Å². The van der Waals surface area contributed by atoms with Crippen molar-refractivity contribution in [2.45, 2.75) is 6.04 Å². The van der Waals surface area contributed by atoms with Crippen LogP contribution < -0.4 is 5.32 Å². The Morgan fingerprint density at radius 1 is 1.00 bits per heavy atom. The Hall–Kier alpha value is -3.87. The summed E-state index contributed by atoms with van der Waals surface area (Å²) in [5.74, 6) is -0.0136. The number of nitrogens with one attached hydrogen (secondary N) is 1. The highest BCUT2D eigenvalue weighted by Crippen LogP contribution is 2.30. The van der Waals surface area contributed by atoms with E-state index in [9.17, 15) is 14.4 Å². The number of benzene rings is 2. The third-order valence-corrected chi connectivity index (χ3v) is 5.57. The average Bonchev–Trinajstić information content (AvgIpc) is 3.30. The molecule has 0 aliphatic carbocycles. The van der Waals surface area contributed by atoms with Gasteiger partial charge in [0.1, 0.15) is 11.8 Å². The van der Waals surface area contributed by atoms with Crippen molar-refractivity contribution in [1.82, 2.24) is 9.80 Å². The second-order valence-electron chi connectivity index (χ2n) is 7.36. The topological polar surface area (TPSA) is 82.9 Å². The third kappa shape index (κ3) is 3.04. The van der Waals surface area contributed by atoms with Crippen LogP contribution in [0.4, 0.5) is 5.69 Å². The summed E-state index contributed by atoms with van der Waals surface area (Å²) in [7, 11) is 0. The molecule has 1 atom stereocenters. The van der Waals surface area contributed by atoms with E-state index in [0.717, 1.165) is 5.56 Å². The molecule has 0 radical (unpaired) electrons. The molecule has 0 saturated carbocycles. The van der Waals surface area contributed by atoms with E-state index in [1.807, 2.05) is 12.1 Å². The standard InChI is InChI=1S/C23H19N3O4/c27-21-19-14-25(22(28)15-5-2-1-3-6-15)10-11-26(19)23(29)17-13-16(8-9-18(17)24-21)20-7-4-12-30-20/h1-9,12-13,19H,10-11,14H2,(H,24,27)/t19-/m1/s1. The van der Waals surface area contributed by atoms with Crippen LogP contribution in [0.2, 0.25) is 0 Å². The van der Waals surface area contributed by atoms with E-state index in [-0.39, 0.29) is 24.3 Å². The largest absolute Gasteiger partial charge is 0.464 e. The van der Waals surface area contributed by atoms with Gasteiger partial charge in [-0.2, -0.15) is 0 Å². The summed E-state index contributed by atoms with van der Waals surface area (Å²) in [5.41, 5.74) is 2.22. The van der Waals surface area contributed by atoms with Gasteiger partial charge in [0, 0.05) is 24.2 Å². The Morgan fingerprint density at radius 3 is 2.60 bits per heavy atom. The maximum absolute atomic E-state index is 13.3. The SMILES string of the molecule is O=C1Nc2ccc(-c3ccco3)cc2C(=O)N2CCN(C(=O)c3ccccc3)C[C@H]12. The second-order valence-corrected chi connectivity index (χ2v) is 7.36. The summed E-state index contributed by atoms with van der Waals surface area (Å²) in [5, 5.41) is 2.85. The zero-order valence-electron chi connectivity index (χ0n) is 16.1. The lowest BCUT2D eigenvalue weighted by molar-refractivity contribution is -0.121. The van der Waals surface area contributed by atoms with E-state index >= 15 is 0 Å². The Kier molecular flexibility index (Phi) is 4.35. The van der Waals surface area contributed by atoms with Gasteiger partial charge in [-0.3, -0.25) is 14.4 Å². The number of anilines is 1. The Balaban J connectivity index is 1.43. The van der Waals surface area contributed by atoms with Gasteiger partial charge >= 0.3 is 0 Å². The Morgan fingerprint density at radius 2 is 1.83 bits per heavy atom. The summed E-state index contributed by atoms with van der Waals surface area (Å²) in [6, 6.07) is 17.1. The number of carbonyl (C=O) groups is 3. The quantitative estimate of drug-likeness (QED) is 0.716. The van der Waals surface area contributed by atoms with Crippen molar-refractivity contribution in [3.63, 3.8) is 0 Å². The highest BCUT2D eigenvalue weighted by atomic mass is 16.3. The Bertz CT molecular complexity index is 1120. The van der Waals surface area contributed by atoms with E-state index in [1.165, 1.54) is 0 Å². The molecule has 7 heteroatoms. The minimum absolute atomic E-state index is 0.141. The zero-order valence-corrected chi connectivity index (χ0v) is 16.1. The van der Waals surface area contributed by atoms with Gasteiger partial charge in [-0.25, -0.2) is 0 Å². The van der Waals surface area contributed by atoms with Crippen LogP contribution in [0.15, 0.2) is 71.3 Å². The summed E-state index contributed by atoms with van der Waals surface area (Å²) >= 11 is 0. The molecule has 1 N–H and O–H groups in total. The lowest BCUT2D eigenvalue weighted by Gasteiger charge is -2.39. The summed E-state index contributed by atoms with van der Waals surface area (Å²) < 4.78 is 5.43. The van der Waals surface area contributed by atoms with Crippen molar-refractivity contribution in [2.75, 3.05) is 25.0 Å². The molecule has 0 spiro atoms. The number of furan rings is 1. The summed E-state index contributed by atoms with van der Waals surface area (Å²) in [6.45, 7) is 0.820. The van der Waals surface area contributed by atoms with Gasteiger partial charge in [0.05, 0.1) is 24.1 Å². The number of rotatable bonds is 2. The predicted octanol–water partition coefficient (Wildman–Crippen LogP) is 2.87. The van der Waals surface area contributed by atoms with E-state index in [1.54, 1.807) is 64.6 Å². The number of fused-ring (bicyclic) bond motifs is 2. The molecule has 30 heavy (non-hydrogen) atoms. The first-order chi connectivity index (χ1) is 14.6. The highest BCUT2D eigenvalue weighted by molar-refractivity contribution is 6.11. The van der Waals surface area contributed by atoms with E-state index in [2.05, 4.69) is 5.32 Å². The molecule has 2 aliphatic rings. The summed E-state index contributed by atoms with van der Waals surface area (Å²) in [6.07, 6.45) is 1.57. The normalized spacial score (nSPS) is 18.3. The Labute approximate surface area is 172 Å². The minimum Gasteiger partial charge on any atom is -0.464 e. The van der Waals surface area contributed by atoms with Crippen LogP contribution in [0.1, 0.15) is 20.7 Å². The van der Waals surface area contributed by atoms with Crippen molar-refractivity contribution < 1.29 is 18.8 Å². The molecular weight excluding hydrogens is 382 g/mol. The molecule has 3 amide bonds. The number of piperazine rings is 1. The highest BCUT2D eigenvalue weighted by Gasteiger charge is 2.40. The van der Waals surface area contributed by atoms with Gasteiger partial charge in [-0.15, -0.1) is 0 Å². The van der Waals surface area contributed by atoms with Crippen LogP contribution in [0.5, 0.6) is 0 Å². The molecule has 5 rings (SSSR count).